The van der Waals surface area contributed by atoms with Crippen molar-refractivity contribution < 1.29 is 89.4 Å². The Morgan fingerprint density at radius 1 is 0.374 bits per heavy atom. The third-order valence-electron chi connectivity index (χ3n) is 20.2. The molecule has 3 heterocycles. The maximum absolute atomic E-state index is 13.5. The number of carbonyl (C=O) groups excluding carboxylic acids is 1. The lowest BCUT2D eigenvalue weighted by molar-refractivity contribution is -0.379. The molecular weight excluding hydrogens is 1260 g/mol. The molecule has 3 rings (SSSR count). The third-order valence-corrected chi connectivity index (χ3v) is 20.2. The highest BCUT2D eigenvalue weighted by atomic mass is 16.8. The van der Waals surface area contributed by atoms with Crippen LogP contribution >= 0.6 is 0 Å². The molecule has 3 aliphatic rings. The fourth-order valence-corrected chi connectivity index (χ4v) is 13.7. The summed E-state index contributed by atoms with van der Waals surface area (Å²) >= 11 is 0. The molecule has 0 aromatic heterocycles. The van der Waals surface area contributed by atoms with Crippen LogP contribution in [0.15, 0.2) is 48.6 Å². The molecule has 0 radical (unpaired) electrons. The molecular formula is C80H147NO18. The molecule has 99 heavy (non-hydrogen) atoms. The van der Waals surface area contributed by atoms with Gasteiger partial charge in [-0.05, 0) is 51.4 Å². The number of amides is 1. The Kier molecular flexibility index (Phi) is 56.0. The number of rotatable bonds is 64. The van der Waals surface area contributed by atoms with E-state index in [9.17, 15) is 61.0 Å². The van der Waals surface area contributed by atoms with Gasteiger partial charge >= 0.3 is 0 Å². The number of ether oxygens (including phenoxy) is 6. The first kappa shape index (κ1) is 91.0. The molecule has 1 amide bonds. The molecule has 12 N–H and O–H groups in total. The summed E-state index contributed by atoms with van der Waals surface area (Å²) in [4.78, 5) is 13.5. The fraction of sp³-hybridized carbons (Fsp3) is 0.887. The summed E-state index contributed by atoms with van der Waals surface area (Å²) < 4.78 is 34.5. The largest absolute Gasteiger partial charge is 0.394 e. The predicted molar refractivity (Wildman–Crippen MR) is 392 cm³/mol. The van der Waals surface area contributed by atoms with Crippen LogP contribution in [-0.2, 0) is 33.2 Å². The maximum Gasteiger partial charge on any atom is 0.220 e. The van der Waals surface area contributed by atoms with E-state index in [-0.39, 0.29) is 18.9 Å². The molecule has 0 bridgehead atoms. The monoisotopic (exact) mass is 1410 g/mol. The fourth-order valence-electron chi connectivity index (χ4n) is 13.7. The first-order chi connectivity index (χ1) is 48.3. The molecule has 17 atom stereocenters. The van der Waals surface area contributed by atoms with Crippen LogP contribution in [0.1, 0.15) is 322 Å². The minimum atomic E-state index is -1.97. The third kappa shape index (κ3) is 41.3. The molecule has 0 aromatic rings. The minimum absolute atomic E-state index is 0.242. The number of aliphatic hydroxyl groups is 11. The zero-order chi connectivity index (χ0) is 71.8. The predicted octanol–water partition coefficient (Wildman–Crippen LogP) is 13.3. The quantitative estimate of drug-likeness (QED) is 0.0199. The van der Waals surface area contributed by atoms with E-state index < -0.39 is 124 Å². The van der Waals surface area contributed by atoms with Gasteiger partial charge in [-0.3, -0.25) is 4.79 Å². The van der Waals surface area contributed by atoms with Crippen LogP contribution in [0.3, 0.4) is 0 Å². The minimum Gasteiger partial charge on any atom is -0.394 e. The van der Waals surface area contributed by atoms with Crippen molar-refractivity contribution in [1.29, 1.82) is 0 Å². The lowest BCUT2D eigenvalue weighted by atomic mass is 9.96. The van der Waals surface area contributed by atoms with Crippen LogP contribution in [-0.4, -0.2) is 193 Å². The Morgan fingerprint density at radius 2 is 0.697 bits per heavy atom. The summed E-state index contributed by atoms with van der Waals surface area (Å²) in [7, 11) is 0. The van der Waals surface area contributed by atoms with E-state index in [0.29, 0.717) is 12.8 Å². The molecule has 3 saturated heterocycles. The molecule has 0 spiro atoms. The standard InChI is InChI=1S/C80H147NO18/c1-3-5-7-9-11-13-15-17-19-21-23-25-27-29-30-31-32-34-35-37-39-41-43-45-47-49-51-53-55-57-64(85)63(81-68(86)58-56-54-52-50-48-46-44-42-40-38-36-33-28-26-24-22-20-18-16-14-12-10-8-6-4-2)62-94-78-74(92)71(89)76(66(60-83)96-78)99-80-75(93)72(90)77(67(61-84)97-80)98-79-73(91)70(88)69(87)65(59-82)95-79/h6,8,12,14,18,20,24,26,63-67,69-80,82-85,87-93H,3-5,7,9-11,13,15-17,19,21-23,25,27-62H2,1-2H3,(H,81,86)/b8-6-,14-12-,20-18-,26-24-. The summed E-state index contributed by atoms with van der Waals surface area (Å²) in [6.07, 6.45) is 49.1. The molecule has 3 fully saturated rings. The van der Waals surface area contributed by atoms with Crippen molar-refractivity contribution in [3.63, 3.8) is 0 Å². The molecule has 3 aliphatic heterocycles. The van der Waals surface area contributed by atoms with Crippen molar-refractivity contribution in [3.8, 4) is 0 Å². The van der Waals surface area contributed by atoms with Gasteiger partial charge in [0.05, 0.1) is 38.6 Å². The van der Waals surface area contributed by atoms with Gasteiger partial charge in [0.15, 0.2) is 18.9 Å². The highest BCUT2D eigenvalue weighted by Crippen LogP contribution is 2.33. The van der Waals surface area contributed by atoms with Crippen LogP contribution < -0.4 is 5.32 Å². The van der Waals surface area contributed by atoms with Crippen molar-refractivity contribution in [2.24, 2.45) is 0 Å². The number of carbonyl (C=O) groups is 1. The Morgan fingerprint density at radius 3 is 1.09 bits per heavy atom. The van der Waals surface area contributed by atoms with Gasteiger partial charge in [-0.1, -0.05) is 313 Å². The zero-order valence-electron chi connectivity index (χ0n) is 62.0. The van der Waals surface area contributed by atoms with Crippen molar-refractivity contribution >= 4 is 5.91 Å². The summed E-state index contributed by atoms with van der Waals surface area (Å²) in [5.74, 6) is -0.242. The SMILES string of the molecule is CC/C=C\C/C=C\C/C=C\C/C=C\CCCCCCCCCCCCCCC(=O)NC(COC1OC(CO)C(OC2OC(CO)C(OC3OC(CO)C(O)C(O)C3O)C(O)C2O)C(O)C1O)C(O)CCCCCCCCCCCCCCCCCCCCCCCCCCCCCCC. The van der Waals surface area contributed by atoms with E-state index >= 15 is 0 Å². The van der Waals surface area contributed by atoms with E-state index in [1.807, 2.05) is 0 Å². The number of allylic oxidation sites excluding steroid dienone is 8. The molecule has 0 aromatic carbocycles. The van der Waals surface area contributed by atoms with Crippen molar-refractivity contribution in [3.05, 3.63) is 48.6 Å². The van der Waals surface area contributed by atoms with Crippen molar-refractivity contribution in [1.82, 2.24) is 5.32 Å². The van der Waals surface area contributed by atoms with Gasteiger partial charge in [0.1, 0.15) is 73.2 Å². The summed E-state index contributed by atoms with van der Waals surface area (Å²) in [6, 6.07) is -0.892. The summed E-state index contributed by atoms with van der Waals surface area (Å²) in [5, 5.41) is 121. The summed E-state index contributed by atoms with van der Waals surface area (Å²) in [6.45, 7) is 1.73. The van der Waals surface area contributed by atoms with Crippen LogP contribution in [0.5, 0.6) is 0 Å². The molecule has 0 aliphatic carbocycles. The number of hydrogen-bond donors (Lipinski definition) is 12. The van der Waals surface area contributed by atoms with Gasteiger partial charge in [0, 0.05) is 6.42 Å². The average Bonchev–Trinajstić information content (AvgIpc) is 0.755. The van der Waals surface area contributed by atoms with Gasteiger partial charge < -0.3 is 89.9 Å². The topological polar surface area (TPSA) is 307 Å². The normalized spacial score (nSPS) is 26.8. The smallest absolute Gasteiger partial charge is 0.220 e. The highest BCUT2D eigenvalue weighted by molar-refractivity contribution is 5.76. The Hall–Kier alpha value is -2.25. The van der Waals surface area contributed by atoms with E-state index in [1.54, 1.807) is 0 Å². The van der Waals surface area contributed by atoms with E-state index in [4.69, 9.17) is 28.4 Å². The van der Waals surface area contributed by atoms with Gasteiger partial charge in [-0.2, -0.15) is 0 Å². The van der Waals surface area contributed by atoms with E-state index in [2.05, 4.69) is 67.8 Å². The van der Waals surface area contributed by atoms with E-state index in [1.165, 1.54) is 212 Å². The molecule has 580 valence electrons. The number of hydrogen-bond acceptors (Lipinski definition) is 18. The second-order valence-corrected chi connectivity index (χ2v) is 28.9. The Bertz CT molecular complexity index is 1980. The van der Waals surface area contributed by atoms with Crippen LogP contribution in [0.4, 0.5) is 0 Å². The van der Waals surface area contributed by atoms with Gasteiger partial charge in [-0.15, -0.1) is 0 Å². The van der Waals surface area contributed by atoms with Gasteiger partial charge in [-0.25, -0.2) is 0 Å². The molecule has 17 unspecified atom stereocenters. The second kappa shape index (κ2) is 61.0. The number of aliphatic hydroxyl groups excluding tert-OH is 11. The Labute approximate surface area is 599 Å². The second-order valence-electron chi connectivity index (χ2n) is 28.9. The molecule has 19 heteroatoms. The first-order valence-electron chi connectivity index (χ1n) is 40.4. The zero-order valence-corrected chi connectivity index (χ0v) is 62.0. The lowest BCUT2D eigenvalue weighted by Gasteiger charge is -2.48. The van der Waals surface area contributed by atoms with Crippen LogP contribution in [0, 0.1) is 0 Å². The van der Waals surface area contributed by atoms with E-state index in [0.717, 1.165) is 77.0 Å². The highest BCUT2D eigenvalue weighted by Gasteiger charge is 2.54. The van der Waals surface area contributed by atoms with Crippen molar-refractivity contribution in [2.75, 3.05) is 26.4 Å². The summed E-state index contributed by atoms with van der Waals surface area (Å²) in [5.41, 5.74) is 0. The lowest BCUT2D eigenvalue weighted by Crippen LogP contribution is -2.66. The van der Waals surface area contributed by atoms with Crippen LogP contribution in [0.2, 0.25) is 0 Å². The first-order valence-corrected chi connectivity index (χ1v) is 40.4. The maximum atomic E-state index is 13.5. The Balaban J connectivity index is 1.37. The number of unbranched alkanes of at least 4 members (excludes halogenated alkanes) is 40. The molecule has 19 nitrogen and oxygen atoms in total. The number of nitrogens with one attached hydrogen (secondary N) is 1. The van der Waals surface area contributed by atoms with Crippen molar-refractivity contribution in [2.45, 2.75) is 426 Å². The molecule has 0 saturated carbocycles. The van der Waals surface area contributed by atoms with Gasteiger partial charge in [0.2, 0.25) is 5.91 Å². The average molecular weight is 1410 g/mol. The van der Waals surface area contributed by atoms with Crippen LogP contribution in [0.25, 0.3) is 0 Å². The van der Waals surface area contributed by atoms with Gasteiger partial charge in [0.25, 0.3) is 0 Å².